The molecule has 0 aliphatic carbocycles. The van der Waals surface area contributed by atoms with Crippen LogP contribution in [-0.4, -0.2) is 37.1 Å². The molecular weight excluding hydrogens is 288 g/mol. The zero-order valence-corrected chi connectivity index (χ0v) is 11.6. The molecule has 0 aromatic carbocycles. The highest BCUT2D eigenvalue weighted by molar-refractivity contribution is 6.66. The normalized spacial score (nSPS) is 11.2. The van der Waals surface area contributed by atoms with Crippen LogP contribution in [0.3, 0.4) is 0 Å². The third kappa shape index (κ3) is 3.34. The molecule has 0 fully saturated rings. The van der Waals surface area contributed by atoms with Crippen LogP contribution < -0.4 is 4.90 Å². The molecule has 0 aliphatic heterocycles. The summed E-state index contributed by atoms with van der Waals surface area (Å²) < 4.78 is 2.87. The molecular formula is C9H10Cl3N3O2. The van der Waals surface area contributed by atoms with E-state index in [1.807, 2.05) is 0 Å². The lowest BCUT2D eigenvalue weighted by Gasteiger charge is -2.17. The van der Waals surface area contributed by atoms with E-state index in [4.69, 9.17) is 34.8 Å². The van der Waals surface area contributed by atoms with E-state index in [9.17, 15) is 4.79 Å². The monoisotopic (exact) mass is 297 g/mol. The van der Waals surface area contributed by atoms with Gasteiger partial charge in [0.1, 0.15) is 11.4 Å². The number of ether oxygens (including phenoxy) is 1. The lowest BCUT2D eigenvalue weighted by molar-refractivity contribution is 0.0600. The van der Waals surface area contributed by atoms with Crippen molar-refractivity contribution in [3.63, 3.8) is 0 Å². The maximum Gasteiger partial charge on any atom is 0.343 e. The van der Waals surface area contributed by atoms with Gasteiger partial charge in [-0.3, -0.25) is 0 Å². The molecule has 0 bridgehead atoms. The number of aromatic nitrogens is 2. The fourth-order valence-corrected chi connectivity index (χ4v) is 1.38. The Kier molecular flexibility index (Phi) is 4.41. The molecule has 17 heavy (non-hydrogen) atoms. The topological polar surface area (TPSA) is 55.3 Å². The minimum Gasteiger partial charge on any atom is -0.465 e. The maximum atomic E-state index is 11.5. The van der Waals surface area contributed by atoms with Crippen molar-refractivity contribution < 1.29 is 9.53 Å². The van der Waals surface area contributed by atoms with E-state index >= 15 is 0 Å². The Morgan fingerprint density at radius 1 is 1.41 bits per heavy atom. The van der Waals surface area contributed by atoms with E-state index in [1.165, 1.54) is 13.3 Å². The lowest BCUT2D eigenvalue weighted by Crippen LogP contribution is -2.20. The van der Waals surface area contributed by atoms with Gasteiger partial charge in [0.05, 0.1) is 7.11 Å². The SMILES string of the molecule is COC(=O)c1cnc(C(Cl)(Cl)Cl)nc1N(C)C. The molecule has 0 atom stereocenters. The first kappa shape index (κ1) is 14.3. The number of halogens is 3. The Labute approximate surface area is 114 Å². The molecule has 0 spiro atoms. The zero-order chi connectivity index (χ0) is 13.2. The predicted octanol–water partition coefficient (Wildman–Crippen LogP) is 2.16. The molecule has 1 heterocycles. The molecule has 1 rings (SSSR count). The van der Waals surface area contributed by atoms with Gasteiger partial charge in [0.15, 0.2) is 5.82 Å². The Balaban J connectivity index is 3.32. The van der Waals surface area contributed by atoms with Crippen LogP contribution in [0.1, 0.15) is 16.2 Å². The van der Waals surface area contributed by atoms with Gasteiger partial charge in [-0.25, -0.2) is 14.8 Å². The van der Waals surface area contributed by atoms with Crippen LogP contribution in [0.25, 0.3) is 0 Å². The number of anilines is 1. The number of carbonyl (C=O) groups is 1. The van der Waals surface area contributed by atoms with Crippen LogP contribution in [0.2, 0.25) is 0 Å². The summed E-state index contributed by atoms with van der Waals surface area (Å²) in [6.45, 7) is 0. The van der Waals surface area contributed by atoms with Gasteiger partial charge >= 0.3 is 5.97 Å². The molecule has 0 radical (unpaired) electrons. The Bertz CT molecular complexity index is 432. The number of esters is 1. The molecule has 8 heteroatoms. The van der Waals surface area contributed by atoms with Crippen molar-refractivity contribution in [2.75, 3.05) is 26.1 Å². The van der Waals surface area contributed by atoms with Crippen molar-refractivity contribution in [2.24, 2.45) is 0 Å². The molecule has 0 N–H and O–H groups in total. The van der Waals surface area contributed by atoms with E-state index < -0.39 is 9.76 Å². The summed E-state index contributed by atoms with van der Waals surface area (Å²) in [6, 6.07) is 0. The van der Waals surface area contributed by atoms with Gasteiger partial charge in [-0.2, -0.15) is 0 Å². The third-order valence-electron chi connectivity index (χ3n) is 1.85. The Morgan fingerprint density at radius 2 is 2.00 bits per heavy atom. The van der Waals surface area contributed by atoms with E-state index in [0.29, 0.717) is 5.82 Å². The van der Waals surface area contributed by atoms with Gasteiger partial charge in [-0.15, -0.1) is 0 Å². The second kappa shape index (κ2) is 5.25. The van der Waals surface area contributed by atoms with Crippen molar-refractivity contribution in [1.29, 1.82) is 0 Å². The smallest absolute Gasteiger partial charge is 0.343 e. The predicted molar refractivity (Wildman–Crippen MR) is 66.9 cm³/mol. The second-order valence-corrected chi connectivity index (χ2v) is 5.60. The lowest BCUT2D eigenvalue weighted by atomic mass is 10.3. The molecule has 94 valence electrons. The van der Waals surface area contributed by atoms with Crippen LogP contribution in [0.5, 0.6) is 0 Å². The molecule has 0 saturated heterocycles. The van der Waals surface area contributed by atoms with Crippen LogP contribution in [0, 0.1) is 0 Å². The largest absolute Gasteiger partial charge is 0.465 e. The molecule has 1 aromatic rings. The summed E-state index contributed by atoms with van der Waals surface area (Å²) in [5.74, 6) is -0.225. The van der Waals surface area contributed by atoms with Crippen molar-refractivity contribution in [3.05, 3.63) is 17.6 Å². The van der Waals surface area contributed by atoms with Crippen LogP contribution >= 0.6 is 34.8 Å². The quantitative estimate of drug-likeness (QED) is 0.618. The minimum atomic E-state index is -1.74. The summed E-state index contributed by atoms with van der Waals surface area (Å²) in [7, 11) is 4.68. The molecule has 0 amide bonds. The van der Waals surface area contributed by atoms with Crippen molar-refractivity contribution in [2.45, 2.75) is 3.79 Å². The minimum absolute atomic E-state index is 0.00106. The first-order chi connectivity index (χ1) is 7.77. The van der Waals surface area contributed by atoms with Gasteiger partial charge in [0.2, 0.25) is 3.79 Å². The summed E-state index contributed by atoms with van der Waals surface area (Å²) in [4.78, 5) is 20.9. The van der Waals surface area contributed by atoms with Crippen LogP contribution in [-0.2, 0) is 8.53 Å². The Hall–Kier alpha value is -0.780. The fourth-order valence-electron chi connectivity index (χ4n) is 1.10. The van der Waals surface area contributed by atoms with Crippen LogP contribution in [0.15, 0.2) is 6.20 Å². The number of alkyl halides is 3. The summed E-state index contributed by atoms with van der Waals surface area (Å²) in [5.41, 5.74) is 0.204. The molecule has 0 unspecified atom stereocenters. The van der Waals surface area contributed by atoms with Gasteiger partial charge in [-0.05, 0) is 0 Å². The molecule has 0 aliphatic rings. The Morgan fingerprint density at radius 3 is 2.41 bits per heavy atom. The summed E-state index contributed by atoms with van der Waals surface area (Å²) in [6.07, 6.45) is 1.27. The molecule has 5 nitrogen and oxygen atoms in total. The fraction of sp³-hybridized carbons (Fsp3) is 0.444. The first-order valence-corrected chi connectivity index (χ1v) is 5.60. The second-order valence-electron chi connectivity index (χ2n) is 3.31. The summed E-state index contributed by atoms with van der Waals surface area (Å²) in [5, 5.41) is 0. The number of carbonyl (C=O) groups excluding carboxylic acids is 1. The standard InChI is InChI=1S/C9H10Cl3N3O2/c1-15(2)6-5(7(16)17-3)4-13-8(14-6)9(10,11)12/h4H,1-3H3. The van der Waals surface area contributed by atoms with Gasteiger partial charge in [0.25, 0.3) is 0 Å². The maximum absolute atomic E-state index is 11.5. The molecule has 0 saturated carbocycles. The van der Waals surface area contributed by atoms with E-state index in [0.717, 1.165) is 0 Å². The van der Waals surface area contributed by atoms with Gasteiger partial charge in [-0.1, -0.05) is 34.8 Å². The van der Waals surface area contributed by atoms with Gasteiger partial charge in [0, 0.05) is 20.3 Å². The number of methoxy groups -OCH3 is 1. The highest BCUT2D eigenvalue weighted by atomic mass is 35.6. The summed E-state index contributed by atoms with van der Waals surface area (Å²) >= 11 is 17.0. The third-order valence-corrected chi connectivity index (χ3v) is 2.36. The highest BCUT2D eigenvalue weighted by Crippen LogP contribution is 2.36. The first-order valence-electron chi connectivity index (χ1n) is 4.47. The van der Waals surface area contributed by atoms with Crippen molar-refractivity contribution in [1.82, 2.24) is 9.97 Å². The number of nitrogens with zero attached hydrogens (tertiary/aromatic N) is 3. The van der Waals surface area contributed by atoms with E-state index in [-0.39, 0.29) is 11.4 Å². The van der Waals surface area contributed by atoms with Crippen molar-refractivity contribution in [3.8, 4) is 0 Å². The number of rotatable bonds is 2. The average Bonchev–Trinajstić information content (AvgIpc) is 2.25. The molecule has 1 aromatic heterocycles. The van der Waals surface area contributed by atoms with E-state index in [2.05, 4.69) is 14.7 Å². The van der Waals surface area contributed by atoms with Gasteiger partial charge < -0.3 is 9.64 Å². The highest BCUT2D eigenvalue weighted by Gasteiger charge is 2.29. The number of hydrogen-bond donors (Lipinski definition) is 0. The zero-order valence-electron chi connectivity index (χ0n) is 9.37. The van der Waals surface area contributed by atoms with E-state index in [1.54, 1.807) is 19.0 Å². The van der Waals surface area contributed by atoms with Crippen LogP contribution in [0.4, 0.5) is 5.82 Å². The average molecular weight is 299 g/mol. The number of hydrogen-bond acceptors (Lipinski definition) is 5. The van der Waals surface area contributed by atoms with Crippen molar-refractivity contribution >= 4 is 46.6 Å².